The van der Waals surface area contributed by atoms with E-state index in [-0.39, 0.29) is 5.69 Å². The Bertz CT molecular complexity index is 407. The maximum atomic E-state index is 11.4. The fourth-order valence-electron chi connectivity index (χ4n) is 1.27. The summed E-state index contributed by atoms with van der Waals surface area (Å²) < 4.78 is 6.79. The first-order valence-electron chi connectivity index (χ1n) is 4.80. The van der Waals surface area contributed by atoms with E-state index in [1.165, 1.54) is 7.11 Å². The first kappa shape index (κ1) is 13.2. The molecule has 0 unspecified atom stereocenters. The monoisotopic (exact) mass is 290 g/mol. The molecule has 0 amide bonds. The van der Waals surface area contributed by atoms with Crippen LogP contribution in [0, 0.1) is 6.92 Å². The lowest BCUT2D eigenvalue weighted by atomic mass is 10.1. The molecule has 0 aliphatic rings. The molecule has 5 nitrogen and oxygen atoms in total. The molecule has 0 bridgehead atoms. The van der Waals surface area contributed by atoms with Crippen molar-refractivity contribution in [2.24, 2.45) is 0 Å². The fraction of sp³-hybridized carbons (Fsp3) is 0.600. The first-order valence-corrected chi connectivity index (χ1v) is 5.59. The second-order valence-electron chi connectivity index (χ2n) is 4.21. The quantitative estimate of drug-likeness (QED) is 0.857. The van der Waals surface area contributed by atoms with Crippen molar-refractivity contribution in [2.45, 2.75) is 32.9 Å². The lowest BCUT2D eigenvalue weighted by Crippen LogP contribution is -2.27. The third kappa shape index (κ3) is 2.82. The first-order chi connectivity index (χ1) is 7.26. The van der Waals surface area contributed by atoms with Gasteiger partial charge in [0.1, 0.15) is 0 Å². The van der Waals surface area contributed by atoms with Gasteiger partial charge < -0.3 is 9.84 Å². The Morgan fingerprint density at radius 2 is 2.19 bits per heavy atom. The normalized spacial score (nSPS) is 11.6. The van der Waals surface area contributed by atoms with E-state index >= 15 is 0 Å². The summed E-state index contributed by atoms with van der Waals surface area (Å²) in [6, 6.07) is 0. The van der Waals surface area contributed by atoms with E-state index in [2.05, 4.69) is 25.8 Å². The van der Waals surface area contributed by atoms with Gasteiger partial charge in [0, 0.05) is 0 Å². The molecular formula is C10H15BrN2O3. The molecule has 0 saturated carbocycles. The summed E-state index contributed by atoms with van der Waals surface area (Å²) in [5.41, 5.74) is 0.121. The Morgan fingerprint density at radius 1 is 1.62 bits per heavy atom. The third-order valence-corrected chi connectivity index (χ3v) is 3.00. The number of halogens is 1. The summed E-state index contributed by atoms with van der Waals surface area (Å²) in [5.74, 6) is -0.496. The molecule has 0 saturated heterocycles. The van der Waals surface area contributed by atoms with Gasteiger partial charge in [0.05, 0.1) is 29.4 Å². The number of methoxy groups -OCH3 is 1. The lowest BCUT2D eigenvalue weighted by Gasteiger charge is -2.17. The molecule has 0 spiro atoms. The van der Waals surface area contributed by atoms with Gasteiger partial charge in [-0.15, -0.1) is 0 Å². The number of rotatable bonds is 3. The smallest absolute Gasteiger partial charge is 0.359 e. The molecule has 1 aromatic heterocycles. The Morgan fingerprint density at radius 3 is 2.62 bits per heavy atom. The summed E-state index contributed by atoms with van der Waals surface area (Å²) in [6.45, 7) is 5.49. The van der Waals surface area contributed by atoms with Gasteiger partial charge in [-0.25, -0.2) is 4.79 Å². The van der Waals surface area contributed by atoms with Gasteiger partial charge in [-0.1, -0.05) is 0 Å². The van der Waals surface area contributed by atoms with Crippen LogP contribution in [0.2, 0.25) is 0 Å². The largest absolute Gasteiger partial charge is 0.464 e. The Hall–Kier alpha value is -0.880. The maximum Gasteiger partial charge on any atom is 0.359 e. The van der Waals surface area contributed by atoms with E-state index in [1.54, 1.807) is 18.5 Å². The second-order valence-corrected chi connectivity index (χ2v) is 5.00. The van der Waals surface area contributed by atoms with Gasteiger partial charge in [-0.05, 0) is 36.7 Å². The van der Waals surface area contributed by atoms with Crippen molar-refractivity contribution in [1.29, 1.82) is 0 Å². The summed E-state index contributed by atoms with van der Waals surface area (Å²) in [7, 11) is 1.30. The Labute approximate surface area is 103 Å². The van der Waals surface area contributed by atoms with Gasteiger partial charge in [0.15, 0.2) is 5.69 Å². The molecule has 0 aromatic carbocycles. The number of aromatic nitrogens is 2. The molecule has 6 heteroatoms. The van der Waals surface area contributed by atoms with Crippen molar-refractivity contribution < 1.29 is 14.6 Å². The summed E-state index contributed by atoms with van der Waals surface area (Å²) in [5, 5.41) is 13.8. The van der Waals surface area contributed by atoms with Crippen molar-refractivity contribution in [1.82, 2.24) is 9.78 Å². The van der Waals surface area contributed by atoms with Crippen molar-refractivity contribution >= 4 is 21.9 Å². The zero-order chi connectivity index (χ0) is 12.5. The molecule has 0 aliphatic heterocycles. The number of nitrogens with zero attached hydrogens (tertiary/aromatic N) is 2. The number of aliphatic hydroxyl groups is 1. The van der Waals surface area contributed by atoms with Crippen LogP contribution >= 0.6 is 15.9 Å². The molecule has 1 heterocycles. The average Bonchev–Trinajstić information content (AvgIpc) is 2.43. The van der Waals surface area contributed by atoms with Crippen molar-refractivity contribution in [3.8, 4) is 0 Å². The van der Waals surface area contributed by atoms with Crippen molar-refractivity contribution in [3.63, 3.8) is 0 Å². The predicted octanol–water partition coefficient (Wildman–Crippen LogP) is 1.51. The number of carbonyl (C=O) groups is 1. The van der Waals surface area contributed by atoms with Crippen LogP contribution in [0.5, 0.6) is 0 Å². The minimum absolute atomic E-state index is 0.226. The Kier molecular flexibility index (Phi) is 3.75. The van der Waals surface area contributed by atoms with Gasteiger partial charge >= 0.3 is 5.97 Å². The Balaban J connectivity index is 3.10. The summed E-state index contributed by atoms with van der Waals surface area (Å²) in [6.07, 6.45) is 0. The molecule has 0 fully saturated rings. The van der Waals surface area contributed by atoms with Crippen molar-refractivity contribution in [2.75, 3.05) is 7.11 Å². The molecule has 1 aromatic rings. The minimum Gasteiger partial charge on any atom is -0.464 e. The highest BCUT2D eigenvalue weighted by Gasteiger charge is 2.22. The van der Waals surface area contributed by atoms with Crippen molar-refractivity contribution in [3.05, 3.63) is 15.9 Å². The topological polar surface area (TPSA) is 64.3 Å². The highest BCUT2D eigenvalue weighted by molar-refractivity contribution is 9.10. The van der Waals surface area contributed by atoms with E-state index < -0.39 is 11.6 Å². The van der Waals surface area contributed by atoms with Crippen LogP contribution in [0.4, 0.5) is 0 Å². The highest BCUT2D eigenvalue weighted by atomic mass is 79.9. The maximum absolute atomic E-state index is 11.4. The molecule has 1 rings (SSSR count). The number of hydrogen-bond acceptors (Lipinski definition) is 4. The van der Waals surface area contributed by atoms with Crippen LogP contribution in [0.1, 0.15) is 30.0 Å². The van der Waals surface area contributed by atoms with Crippen LogP contribution in [0.25, 0.3) is 0 Å². The van der Waals surface area contributed by atoms with E-state index in [9.17, 15) is 9.90 Å². The average molecular weight is 291 g/mol. The standard InChI is InChI=1S/C10H15BrN2O3/c1-6-7(11)8(9(14)16-4)12-13(6)5-10(2,3)15/h15H,5H2,1-4H3. The van der Waals surface area contributed by atoms with Gasteiger partial charge in [-0.3, -0.25) is 4.68 Å². The van der Waals surface area contributed by atoms with E-state index in [4.69, 9.17) is 0 Å². The number of hydrogen-bond donors (Lipinski definition) is 1. The molecule has 0 radical (unpaired) electrons. The van der Waals surface area contributed by atoms with Gasteiger partial charge in [0.2, 0.25) is 0 Å². The van der Waals surface area contributed by atoms with E-state index in [0.29, 0.717) is 11.0 Å². The predicted molar refractivity (Wildman–Crippen MR) is 62.3 cm³/mol. The molecule has 0 atom stereocenters. The van der Waals surface area contributed by atoms with E-state index in [1.807, 2.05) is 6.92 Å². The SMILES string of the molecule is COC(=O)c1nn(CC(C)(C)O)c(C)c1Br. The number of esters is 1. The molecule has 16 heavy (non-hydrogen) atoms. The molecular weight excluding hydrogens is 276 g/mol. The van der Waals surface area contributed by atoms with Crippen LogP contribution in [-0.2, 0) is 11.3 Å². The lowest BCUT2D eigenvalue weighted by molar-refractivity contribution is 0.0539. The van der Waals surface area contributed by atoms with Gasteiger partial charge in [0.25, 0.3) is 0 Å². The van der Waals surface area contributed by atoms with Crippen LogP contribution < -0.4 is 0 Å². The zero-order valence-corrected chi connectivity index (χ0v) is 11.3. The molecule has 90 valence electrons. The van der Waals surface area contributed by atoms with Crippen LogP contribution in [-0.4, -0.2) is 33.6 Å². The van der Waals surface area contributed by atoms with E-state index in [0.717, 1.165) is 5.69 Å². The van der Waals surface area contributed by atoms with Crippen LogP contribution in [0.3, 0.4) is 0 Å². The zero-order valence-electron chi connectivity index (χ0n) is 9.74. The molecule has 0 aliphatic carbocycles. The third-order valence-electron chi connectivity index (χ3n) is 2.05. The van der Waals surface area contributed by atoms with Gasteiger partial charge in [-0.2, -0.15) is 5.10 Å². The second kappa shape index (κ2) is 4.55. The number of carbonyl (C=O) groups excluding carboxylic acids is 1. The summed E-state index contributed by atoms with van der Waals surface area (Å²) in [4.78, 5) is 11.4. The minimum atomic E-state index is -0.885. The highest BCUT2D eigenvalue weighted by Crippen LogP contribution is 2.22. The molecule has 1 N–H and O–H groups in total. The summed E-state index contributed by atoms with van der Waals surface area (Å²) >= 11 is 3.28. The fourth-order valence-corrected chi connectivity index (χ4v) is 1.72. The van der Waals surface area contributed by atoms with Crippen LogP contribution in [0.15, 0.2) is 4.47 Å². The number of ether oxygens (including phenoxy) is 1.